The molecule has 0 aliphatic rings. The van der Waals surface area contributed by atoms with Gasteiger partial charge in [0.25, 0.3) is 0 Å². The number of allylic oxidation sites excluding steroid dienone is 1. The van der Waals surface area contributed by atoms with E-state index in [0.717, 1.165) is 17.0 Å². The number of aromatic nitrogens is 2. The van der Waals surface area contributed by atoms with Gasteiger partial charge in [-0.15, -0.1) is 0 Å². The van der Waals surface area contributed by atoms with Crippen LogP contribution in [-0.2, 0) is 0 Å². The van der Waals surface area contributed by atoms with Crippen molar-refractivity contribution in [3.8, 4) is 6.07 Å². The predicted molar refractivity (Wildman–Crippen MR) is 45.8 cm³/mol. The number of nitrogens with two attached hydrogens (primary N) is 1. The molecule has 12 heavy (non-hydrogen) atoms. The maximum absolute atomic E-state index is 8.38. The highest BCUT2D eigenvalue weighted by molar-refractivity contribution is 5.67. The highest BCUT2D eigenvalue weighted by atomic mass is 15.1. The third-order valence-corrected chi connectivity index (χ3v) is 1.64. The number of nitriles is 1. The first-order chi connectivity index (χ1) is 5.66. The van der Waals surface area contributed by atoms with E-state index in [1.807, 2.05) is 19.9 Å². The zero-order chi connectivity index (χ0) is 9.14. The first-order valence-electron chi connectivity index (χ1n) is 3.54. The fourth-order valence-corrected chi connectivity index (χ4v) is 1.12. The lowest BCUT2D eigenvalue weighted by Crippen LogP contribution is -1.98. The van der Waals surface area contributed by atoms with Gasteiger partial charge in [-0.2, -0.15) is 10.4 Å². The minimum atomic E-state index is 0.459. The second kappa shape index (κ2) is 3.09. The Labute approximate surface area is 70.7 Å². The molecule has 0 saturated carbocycles. The molecule has 0 saturated heterocycles. The summed E-state index contributed by atoms with van der Waals surface area (Å²) in [4.78, 5) is 0. The number of rotatable bonds is 1. The van der Waals surface area contributed by atoms with Crippen molar-refractivity contribution in [1.82, 2.24) is 10.2 Å². The van der Waals surface area contributed by atoms with E-state index in [9.17, 15) is 0 Å². The fraction of sp³-hybridized carbons (Fsp3) is 0.250. The van der Waals surface area contributed by atoms with Gasteiger partial charge in [-0.1, -0.05) is 0 Å². The topological polar surface area (TPSA) is 78.5 Å². The zero-order valence-corrected chi connectivity index (χ0v) is 7.05. The molecule has 1 heterocycles. The predicted octanol–water partition coefficient (Wildman–Crippen LogP) is 0.850. The number of hydrogen-bond acceptors (Lipinski definition) is 3. The lowest BCUT2D eigenvalue weighted by Gasteiger charge is -1.97. The molecule has 0 aliphatic heterocycles. The third-order valence-electron chi connectivity index (χ3n) is 1.64. The van der Waals surface area contributed by atoms with Crippen LogP contribution in [0.15, 0.2) is 6.08 Å². The lowest BCUT2D eigenvalue weighted by atomic mass is 10.1. The van der Waals surface area contributed by atoms with Gasteiger partial charge in [0.05, 0.1) is 17.5 Å². The molecule has 1 aromatic heterocycles. The van der Waals surface area contributed by atoms with Crippen LogP contribution >= 0.6 is 0 Å². The Morgan fingerprint density at radius 1 is 1.67 bits per heavy atom. The van der Waals surface area contributed by atoms with Crippen LogP contribution in [0.25, 0.3) is 5.70 Å². The average Bonchev–Trinajstić information content (AvgIpc) is 2.32. The minimum absolute atomic E-state index is 0.459. The second-order valence-electron chi connectivity index (χ2n) is 2.54. The van der Waals surface area contributed by atoms with Crippen LogP contribution < -0.4 is 5.73 Å². The number of nitrogens with one attached hydrogen (secondary N) is 1. The van der Waals surface area contributed by atoms with Gasteiger partial charge in [0.1, 0.15) is 0 Å². The SMILES string of the molecule is Cc1n[nH]c(C)c1/C(N)=C/C#N. The minimum Gasteiger partial charge on any atom is -0.398 e. The van der Waals surface area contributed by atoms with Crippen molar-refractivity contribution in [2.24, 2.45) is 5.73 Å². The lowest BCUT2D eigenvalue weighted by molar-refractivity contribution is 1.02. The molecule has 0 amide bonds. The number of nitrogens with zero attached hydrogens (tertiary/aromatic N) is 2. The normalized spacial score (nSPS) is 11.2. The van der Waals surface area contributed by atoms with Crippen molar-refractivity contribution in [1.29, 1.82) is 5.26 Å². The van der Waals surface area contributed by atoms with Crippen molar-refractivity contribution in [3.63, 3.8) is 0 Å². The van der Waals surface area contributed by atoms with E-state index in [2.05, 4.69) is 10.2 Å². The van der Waals surface area contributed by atoms with E-state index >= 15 is 0 Å². The van der Waals surface area contributed by atoms with Gasteiger partial charge >= 0.3 is 0 Å². The van der Waals surface area contributed by atoms with Crippen LogP contribution in [0.5, 0.6) is 0 Å². The molecule has 0 atom stereocenters. The Kier molecular flexibility index (Phi) is 2.15. The molecule has 4 heteroatoms. The maximum atomic E-state index is 8.38. The molecule has 1 aromatic rings. The van der Waals surface area contributed by atoms with E-state index < -0.39 is 0 Å². The van der Waals surface area contributed by atoms with Crippen LogP contribution in [0.4, 0.5) is 0 Å². The summed E-state index contributed by atoms with van der Waals surface area (Å²) in [6, 6.07) is 1.88. The van der Waals surface area contributed by atoms with E-state index in [-0.39, 0.29) is 0 Å². The van der Waals surface area contributed by atoms with E-state index in [0.29, 0.717) is 5.70 Å². The van der Waals surface area contributed by atoms with Crippen LogP contribution in [-0.4, -0.2) is 10.2 Å². The molecule has 0 fully saturated rings. The molecule has 0 radical (unpaired) electrons. The van der Waals surface area contributed by atoms with Gasteiger partial charge in [0.2, 0.25) is 0 Å². The smallest absolute Gasteiger partial charge is 0.0933 e. The van der Waals surface area contributed by atoms with Crippen LogP contribution in [0, 0.1) is 25.2 Å². The first kappa shape index (κ1) is 8.34. The third kappa shape index (κ3) is 1.30. The van der Waals surface area contributed by atoms with Crippen molar-refractivity contribution in [3.05, 3.63) is 23.0 Å². The fourth-order valence-electron chi connectivity index (χ4n) is 1.12. The molecule has 1 rings (SSSR count). The molecule has 0 aromatic carbocycles. The molecular weight excluding hydrogens is 152 g/mol. The highest BCUT2D eigenvalue weighted by Gasteiger charge is 2.07. The standard InChI is InChI=1S/C8H10N4/c1-5-8(6(2)12-11-5)7(10)3-4-9/h3H,10H2,1-2H3,(H,11,12)/b7-3-. The summed E-state index contributed by atoms with van der Waals surface area (Å²) >= 11 is 0. The van der Waals surface area contributed by atoms with E-state index in [1.54, 1.807) is 0 Å². The van der Waals surface area contributed by atoms with Gasteiger partial charge in [0.15, 0.2) is 0 Å². The Hall–Kier alpha value is -1.76. The number of hydrogen-bond donors (Lipinski definition) is 2. The molecule has 0 bridgehead atoms. The average molecular weight is 162 g/mol. The van der Waals surface area contributed by atoms with E-state index in [1.165, 1.54) is 6.08 Å². The Morgan fingerprint density at radius 2 is 2.33 bits per heavy atom. The van der Waals surface area contributed by atoms with Crippen molar-refractivity contribution in [2.75, 3.05) is 0 Å². The van der Waals surface area contributed by atoms with Crippen molar-refractivity contribution >= 4 is 5.70 Å². The Balaban J connectivity index is 3.20. The van der Waals surface area contributed by atoms with Gasteiger partial charge in [0, 0.05) is 17.3 Å². The quantitative estimate of drug-likeness (QED) is 0.601. The molecule has 4 nitrogen and oxygen atoms in total. The highest BCUT2D eigenvalue weighted by Crippen LogP contribution is 2.15. The van der Waals surface area contributed by atoms with Crippen LogP contribution in [0.1, 0.15) is 17.0 Å². The molecule has 0 unspecified atom stereocenters. The zero-order valence-electron chi connectivity index (χ0n) is 7.05. The number of H-pyrrole nitrogens is 1. The summed E-state index contributed by atoms with van der Waals surface area (Å²) in [6.45, 7) is 3.71. The van der Waals surface area contributed by atoms with Crippen LogP contribution in [0.3, 0.4) is 0 Å². The summed E-state index contributed by atoms with van der Waals surface area (Å²) < 4.78 is 0. The maximum Gasteiger partial charge on any atom is 0.0933 e. The van der Waals surface area contributed by atoms with Gasteiger partial charge < -0.3 is 5.73 Å². The van der Waals surface area contributed by atoms with Crippen LogP contribution in [0.2, 0.25) is 0 Å². The summed E-state index contributed by atoms with van der Waals surface area (Å²) in [6.07, 6.45) is 1.31. The summed E-state index contributed by atoms with van der Waals surface area (Å²) in [7, 11) is 0. The first-order valence-corrected chi connectivity index (χ1v) is 3.54. The summed E-state index contributed by atoms with van der Waals surface area (Å²) in [5.41, 5.74) is 8.62. The Morgan fingerprint density at radius 3 is 2.75 bits per heavy atom. The summed E-state index contributed by atoms with van der Waals surface area (Å²) in [5, 5.41) is 15.1. The largest absolute Gasteiger partial charge is 0.398 e. The second-order valence-corrected chi connectivity index (χ2v) is 2.54. The monoisotopic (exact) mass is 162 g/mol. The van der Waals surface area contributed by atoms with Crippen molar-refractivity contribution in [2.45, 2.75) is 13.8 Å². The van der Waals surface area contributed by atoms with E-state index in [4.69, 9.17) is 11.0 Å². The van der Waals surface area contributed by atoms with Gasteiger partial charge in [-0.25, -0.2) is 0 Å². The number of aromatic amines is 1. The number of aryl methyl sites for hydroxylation is 2. The van der Waals surface area contributed by atoms with Gasteiger partial charge in [-0.3, -0.25) is 5.10 Å². The van der Waals surface area contributed by atoms with Crippen molar-refractivity contribution < 1.29 is 0 Å². The molecule has 0 spiro atoms. The molecule has 3 N–H and O–H groups in total. The van der Waals surface area contributed by atoms with Gasteiger partial charge in [-0.05, 0) is 13.8 Å². The molecule has 62 valence electrons. The molecule has 0 aliphatic carbocycles. The molecular formula is C8H10N4. The summed E-state index contributed by atoms with van der Waals surface area (Å²) in [5.74, 6) is 0. The Bertz CT molecular complexity index is 334.